The lowest BCUT2D eigenvalue weighted by Crippen LogP contribution is -2.50. The molecule has 1 aliphatic carbocycles. The van der Waals surface area contributed by atoms with Crippen LogP contribution in [0, 0.1) is 5.41 Å². The van der Waals surface area contributed by atoms with Crippen molar-refractivity contribution in [3.05, 3.63) is 65.6 Å². The van der Waals surface area contributed by atoms with Gasteiger partial charge in [-0.25, -0.2) is 0 Å². The van der Waals surface area contributed by atoms with E-state index < -0.39 is 0 Å². The Kier molecular flexibility index (Phi) is 5.03. The Morgan fingerprint density at radius 3 is 2.79 bits per heavy atom. The maximum Gasteiger partial charge on any atom is 0.269 e. The third-order valence-electron chi connectivity index (χ3n) is 5.97. The molecule has 1 aliphatic heterocycles. The van der Waals surface area contributed by atoms with Gasteiger partial charge in [0, 0.05) is 37.3 Å². The van der Waals surface area contributed by atoms with E-state index in [-0.39, 0.29) is 17.2 Å². The minimum Gasteiger partial charge on any atom is -0.350 e. The number of allylic oxidation sites excluding steroid dienone is 1. The molecule has 0 saturated carbocycles. The largest absolute Gasteiger partial charge is 0.350 e. The van der Waals surface area contributed by atoms with Crippen LogP contribution in [0.15, 0.2) is 54.4 Å². The first-order chi connectivity index (χ1) is 13.6. The van der Waals surface area contributed by atoms with Crippen LogP contribution in [0.5, 0.6) is 0 Å². The first-order valence-corrected chi connectivity index (χ1v) is 9.90. The third kappa shape index (κ3) is 3.46. The topological polar surface area (TPSA) is 67.2 Å². The lowest BCUT2D eigenvalue weighted by molar-refractivity contribution is -0.134. The van der Waals surface area contributed by atoms with Crippen molar-refractivity contribution >= 4 is 11.8 Å². The number of rotatable bonds is 5. The molecule has 0 bridgehead atoms. The normalized spacial score (nSPS) is 21.8. The summed E-state index contributed by atoms with van der Waals surface area (Å²) in [5, 5.41) is 7.18. The van der Waals surface area contributed by atoms with Crippen molar-refractivity contribution < 1.29 is 9.59 Å². The standard InChI is InChI=1S/C22H26N4O2/c1-25-18(11-14-24-25)21(28)23-16-22-12-6-5-9-19(22)26(20(27)10-13-22)15-17-7-3-2-4-8-17/h2-4,7-9,11,14H,5-6,10,12-13,15-16H2,1H3,(H,23,28). The Balaban J connectivity index is 1.55. The van der Waals surface area contributed by atoms with Crippen molar-refractivity contribution in [2.75, 3.05) is 6.54 Å². The van der Waals surface area contributed by atoms with Crippen molar-refractivity contribution in [2.45, 2.75) is 38.6 Å². The summed E-state index contributed by atoms with van der Waals surface area (Å²) in [4.78, 5) is 27.3. The maximum absolute atomic E-state index is 12.8. The smallest absolute Gasteiger partial charge is 0.269 e. The molecule has 1 unspecified atom stereocenters. The van der Waals surface area contributed by atoms with Gasteiger partial charge in [-0.3, -0.25) is 14.3 Å². The van der Waals surface area contributed by atoms with Crippen LogP contribution in [0.2, 0.25) is 0 Å². The van der Waals surface area contributed by atoms with Gasteiger partial charge >= 0.3 is 0 Å². The summed E-state index contributed by atoms with van der Waals surface area (Å²) < 4.78 is 1.58. The molecule has 6 heteroatoms. The molecule has 1 N–H and O–H groups in total. The molecule has 0 radical (unpaired) electrons. The predicted octanol–water partition coefficient (Wildman–Crippen LogP) is 3.03. The molecule has 28 heavy (non-hydrogen) atoms. The molecule has 1 saturated heterocycles. The fraction of sp³-hybridized carbons (Fsp3) is 0.409. The second kappa shape index (κ2) is 7.62. The number of fused-ring (bicyclic) bond motifs is 1. The Bertz CT molecular complexity index is 902. The molecule has 2 amide bonds. The van der Waals surface area contributed by atoms with Crippen LogP contribution in [-0.2, 0) is 18.4 Å². The number of carbonyl (C=O) groups excluding carboxylic acids is 2. The average molecular weight is 378 g/mol. The van der Waals surface area contributed by atoms with Crippen LogP contribution in [0.3, 0.4) is 0 Å². The van der Waals surface area contributed by atoms with Crippen LogP contribution >= 0.6 is 0 Å². The number of aromatic nitrogens is 2. The van der Waals surface area contributed by atoms with Crippen LogP contribution in [-0.4, -0.2) is 33.0 Å². The number of hydrogen-bond acceptors (Lipinski definition) is 3. The number of aryl methyl sites for hydroxylation is 1. The molecule has 2 heterocycles. The van der Waals surface area contributed by atoms with E-state index in [0.717, 1.165) is 36.9 Å². The highest BCUT2D eigenvalue weighted by atomic mass is 16.2. The van der Waals surface area contributed by atoms with Gasteiger partial charge in [0.05, 0.1) is 6.54 Å². The highest BCUT2D eigenvalue weighted by Gasteiger charge is 2.44. The fourth-order valence-corrected chi connectivity index (χ4v) is 4.43. The summed E-state index contributed by atoms with van der Waals surface area (Å²) in [5.41, 5.74) is 2.59. The Hall–Kier alpha value is -2.89. The van der Waals surface area contributed by atoms with Gasteiger partial charge in [-0.05, 0) is 37.3 Å². The summed E-state index contributed by atoms with van der Waals surface area (Å²) in [7, 11) is 1.76. The van der Waals surface area contributed by atoms with Crippen molar-refractivity contribution in [2.24, 2.45) is 12.5 Å². The van der Waals surface area contributed by atoms with Crippen molar-refractivity contribution in [1.29, 1.82) is 0 Å². The number of hydrogen-bond donors (Lipinski definition) is 1. The molecule has 1 fully saturated rings. The number of nitrogens with one attached hydrogen (secondary N) is 1. The molecular weight excluding hydrogens is 352 g/mol. The Morgan fingerprint density at radius 2 is 2.04 bits per heavy atom. The van der Waals surface area contributed by atoms with E-state index in [4.69, 9.17) is 0 Å². The van der Waals surface area contributed by atoms with Crippen LogP contribution in [0.25, 0.3) is 0 Å². The zero-order valence-electron chi connectivity index (χ0n) is 16.2. The van der Waals surface area contributed by atoms with E-state index in [1.807, 2.05) is 23.1 Å². The van der Waals surface area contributed by atoms with Crippen molar-refractivity contribution in [3.63, 3.8) is 0 Å². The lowest BCUT2D eigenvalue weighted by atomic mass is 9.69. The van der Waals surface area contributed by atoms with Gasteiger partial charge in [0.15, 0.2) is 0 Å². The minimum absolute atomic E-state index is 0.120. The van der Waals surface area contributed by atoms with E-state index in [9.17, 15) is 9.59 Å². The highest BCUT2D eigenvalue weighted by molar-refractivity contribution is 5.92. The minimum atomic E-state index is -0.171. The summed E-state index contributed by atoms with van der Waals surface area (Å²) in [5.74, 6) is 0.0522. The average Bonchev–Trinajstić information content (AvgIpc) is 3.15. The molecular formula is C22H26N4O2. The number of piperidine rings is 1. The molecule has 2 aromatic rings. The first kappa shape index (κ1) is 18.5. The van der Waals surface area contributed by atoms with E-state index in [1.165, 1.54) is 0 Å². The summed E-state index contributed by atoms with van der Waals surface area (Å²) in [6.45, 7) is 1.13. The number of nitrogens with zero attached hydrogens (tertiary/aromatic N) is 3. The Labute approximate surface area is 165 Å². The van der Waals surface area contributed by atoms with E-state index in [1.54, 1.807) is 24.0 Å². The third-order valence-corrected chi connectivity index (χ3v) is 5.97. The van der Waals surface area contributed by atoms with Crippen LogP contribution in [0.1, 0.15) is 48.2 Å². The van der Waals surface area contributed by atoms with Gasteiger partial charge in [-0.2, -0.15) is 5.10 Å². The van der Waals surface area contributed by atoms with Crippen molar-refractivity contribution in [3.8, 4) is 0 Å². The second-order valence-corrected chi connectivity index (χ2v) is 7.75. The highest BCUT2D eigenvalue weighted by Crippen LogP contribution is 2.46. The maximum atomic E-state index is 12.8. The van der Waals surface area contributed by atoms with Gasteiger partial charge in [-0.1, -0.05) is 36.4 Å². The number of benzene rings is 1. The molecule has 146 valence electrons. The lowest BCUT2D eigenvalue weighted by Gasteiger charge is -2.47. The number of carbonyl (C=O) groups is 2. The van der Waals surface area contributed by atoms with Gasteiger partial charge in [0.2, 0.25) is 5.91 Å². The molecule has 4 rings (SSSR count). The number of amides is 2. The second-order valence-electron chi connectivity index (χ2n) is 7.75. The zero-order valence-corrected chi connectivity index (χ0v) is 16.2. The van der Waals surface area contributed by atoms with E-state index >= 15 is 0 Å². The molecule has 2 aliphatic rings. The summed E-state index contributed by atoms with van der Waals surface area (Å²) in [6, 6.07) is 11.8. The summed E-state index contributed by atoms with van der Waals surface area (Å²) >= 11 is 0. The molecule has 1 aromatic carbocycles. The van der Waals surface area contributed by atoms with Gasteiger partial charge in [0.25, 0.3) is 5.91 Å². The van der Waals surface area contributed by atoms with Crippen LogP contribution in [0.4, 0.5) is 0 Å². The quantitative estimate of drug-likeness (QED) is 0.870. The fourth-order valence-electron chi connectivity index (χ4n) is 4.43. The van der Waals surface area contributed by atoms with Crippen LogP contribution < -0.4 is 5.32 Å². The van der Waals surface area contributed by atoms with Gasteiger partial charge in [-0.15, -0.1) is 0 Å². The van der Waals surface area contributed by atoms with E-state index in [2.05, 4.69) is 28.6 Å². The SMILES string of the molecule is Cn1nccc1C(=O)NCC12CCCC=C1N(Cc1ccccc1)C(=O)CC2. The Morgan fingerprint density at radius 1 is 1.21 bits per heavy atom. The van der Waals surface area contributed by atoms with Gasteiger partial charge < -0.3 is 10.2 Å². The molecule has 1 aromatic heterocycles. The number of likely N-dealkylation sites (tertiary alicyclic amines) is 1. The van der Waals surface area contributed by atoms with Crippen molar-refractivity contribution in [1.82, 2.24) is 20.0 Å². The summed E-state index contributed by atoms with van der Waals surface area (Å²) in [6.07, 6.45) is 8.19. The van der Waals surface area contributed by atoms with Gasteiger partial charge in [0.1, 0.15) is 5.69 Å². The monoisotopic (exact) mass is 378 g/mol. The first-order valence-electron chi connectivity index (χ1n) is 9.90. The molecule has 6 nitrogen and oxygen atoms in total. The zero-order chi connectivity index (χ0) is 19.6. The van der Waals surface area contributed by atoms with E-state index in [0.29, 0.717) is 25.2 Å². The molecule has 0 spiro atoms. The molecule has 1 atom stereocenters. The predicted molar refractivity (Wildman–Crippen MR) is 106 cm³/mol.